The maximum atomic E-state index is 12.5. The minimum absolute atomic E-state index is 0.294. The van der Waals surface area contributed by atoms with Crippen molar-refractivity contribution in [3.63, 3.8) is 0 Å². The first-order chi connectivity index (χ1) is 13.0. The smallest absolute Gasteiger partial charge is 0.340 e. The van der Waals surface area contributed by atoms with Crippen molar-refractivity contribution in [2.45, 2.75) is 0 Å². The van der Waals surface area contributed by atoms with E-state index in [0.717, 1.165) is 5.69 Å². The van der Waals surface area contributed by atoms with Gasteiger partial charge in [0.25, 0.3) is 5.91 Å². The van der Waals surface area contributed by atoms with Gasteiger partial charge in [0.1, 0.15) is 0 Å². The lowest BCUT2D eigenvalue weighted by Crippen LogP contribution is -2.37. The van der Waals surface area contributed by atoms with Gasteiger partial charge in [0, 0.05) is 24.3 Å². The molecule has 1 aliphatic heterocycles. The molecule has 1 amide bonds. The number of halogens is 2. The largest absolute Gasteiger partial charge is 0.465 e. The Morgan fingerprint density at radius 2 is 1.81 bits per heavy atom. The first kappa shape index (κ1) is 19.5. The van der Waals surface area contributed by atoms with Crippen LogP contribution in [0.2, 0.25) is 10.0 Å². The predicted molar refractivity (Wildman–Crippen MR) is 105 cm³/mol. The van der Waals surface area contributed by atoms with E-state index in [-0.39, 0.29) is 5.91 Å². The number of hydrogen-bond donors (Lipinski definition) is 1. The highest BCUT2D eigenvalue weighted by molar-refractivity contribution is 6.42. The second-order valence-electron chi connectivity index (χ2n) is 5.91. The number of carbonyl (C=O) groups excluding carboxylic acids is 2. The van der Waals surface area contributed by atoms with Crippen molar-refractivity contribution in [2.24, 2.45) is 0 Å². The van der Waals surface area contributed by atoms with Crippen molar-refractivity contribution < 1.29 is 19.1 Å². The number of nitrogens with one attached hydrogen (secondary N) is 1. The Hall–Kier alpha value is -2.28. The number of esters is 1. The molecule has 1 N–H and O–H groups in total. The van der Waals surface area contributed by atoms with Crippen LogP contribution in [0.4, 0.5) is 11.4 Å². The van der Waals surface area contributed by atoms with Crippen LogP contribution in [0.3, 0.4) is 0 Å². The predicted octanol–water partition coefficient (Wildman–Crippen LogP) is 3.87. The number of amides is 1. The van der Waals surface area contributed by atoms with Gasteiger partial charge >= 0.3 is 5.97 Å². The number of ether oxygens (including phenoxy) is 2. The lowest BCUT2D eigenvalue weighted by molar-refractivity contribution is 0.0600. The number of rotatable bonds is 4. The molecule has 6 nitrogen and oxygen atoms in total. The van der Waals surface area contributed by atoms with Crippen molar-refractivity contribution in [3.05, 3.63) is 57.6 Å². The van der Waals surface area contributed by atoms with Gasteiger partial charge in [0.15, 0.2) is 0 Å². The van der Waals surface area contributed by atoms with Gasteiger partial charge in [-0.3, -0.25) is 4.79 Å². The molecule has 0 atom stereocenters. The Morgan fingerprint density at radius 3 is 2.48 bits per heavy atom. The molecule has 0 radical (unpaired) electrons. The van der Waals surface area contributed by atoms with E-state index in [9.17, 15) is 9.59 Å². The van der Waals surface area contributed by atoms with Gasteiger partial charge in [-0.05, 0) is 36.4 Å². The fraction of sp³-hybridized carbons (Fsp3) is 0.263. The van der Waals surface area contributed by atoms with Crippen LogP contribution in [0.1, 0.15) is 20.7 Å². The number of methoxy groups -OCH3 is 1. The van der Waals surface area contributed by atoms with Gasteiger partial charge in [-0.1, -0.05) is 23.2 Å². The van der Waals surface area contributed by atoms with Gasteiger partial charge in [0.2, 0.25) is 0 Å². The van der Waals surface area contributed by atoms with Crippen LogP contribution in [-0.2, 0) is 9.47 Å². The minimum atomic E-state index is -0.470. The maximum absolute atomic E-state index is 12.5. The minimum Gasteiger partial charge on any atom is -0.465 e. The summed E-state index contributed by atoms with van der Waals surface area (Å²) in [5, 5.41) is 3.43. The highest BCUT2D eigenvalue weighted by Crippen LogP contribution is 2.27. The summed E-state index contributed by atoms with van der Waals surface area (Å²) in [6.45, 7) is 2.55. The molecule has 0 bridgehead atoms. The molecule has 8 heteroatoms. The summed E-state index contributed by atoms with van der Waals surface area (Å²) in [6, 6.07) is 9.76. The van der Waals surface area contributed by atoms with Gasteiger partial charge in [-0.2, -0.15) is 0 Å². The fourth-order valence-electron chi connectivity index (χ4n) is 2.81. The summed E-state index contributed by atoms with van der Waals surface area (Å²) < 4.78 is 10.3. The van der Waals surface area contributed by atoms with Crippen molar-refractivity contribution in [2.75, 3.05) is 43.6 Å². The molecular formula is C19H18Cl2N2O4. The van der Waals surface area contributed by atoms with Crippen LogP contribution >= 0.6 is 23.2 Å². The third-order valence-corrected chi connectivity index (χ3v) is 4.93. The maximum Gasteiger partial charge on any atom is 0.340 e. The summed E-state index contributed by atoms with van der Waals surface area (Å²) in [4.78, 5) is 26.8. The van der Waals surface area contributed by atoms with E-state index >= 15 is 0 Å². The molecule has 0 unspecified atom stereocenters. The van der Waals surface area contributed by atoms with Crippen LogP contribution < -0.4 is 10.2 Å². The standard InChI is InChI=1S/C19H18Cl2N2O4/c1-26-19(25)14-11-13(3-5-17(14)23-6-8-27-9-7-23)22-18(24)12-2-4-15(20)16(21)10-12/h2-5,10-11H,6-9H2,1H3,(H,22,24). The molecule has 1 saturated heterocycles. The first-order valence-electron chi connectivity index (χ1n) is 8.31. The van der Waals surface area contributed by atoms with Gasteiger partial charge in [-0.25, -0.2) is 4.79 Å². The monoisotopic (exact) mass is 408 g/mol. The molecule has 2 aromatic rings. The van der Waals surface area contributed by atoms with Crippen LogP contribution in [0, 0.1) is 0 Å². The van der Waals surface area contributed by atoms with Gasteiger partial charge in [-0.15, -0.1) is 0 Å². The zero-order valence-corrected chi connectivity index (χ0v) is 16.1. The summed E-state index contributed by atoms with van der Waals surface area (Å²) in [7, 11) is 1.33. The van der Waals surface area contributed by atoms with Crippen molar-refractivity contribution >= 4 is 46.5 Å². The molecule has 0 spiro atoms. The number of carbonyl (C=O) groups is 2. The van der Waals surface area contributed by atoms with Gasteiger partial charge < -0.3 is 19.7 Å². The van der Waals surface area contributed by atoms with Gasteiger partial charge in [0.05, 0.1) is 41.6 Å². The topological polar surface area (TPSA) is 67.9 Å². The number of benzene rings is 2. The SMILES string of the molecule is COC(=O)c1cc(NC(=O)c2ccc(Cl)c(Cl)c2)ccc1N1CCOCC1. The van der Waals surface area contributed by atoms with E-state index in [2.05, 4.69) is 10.2 Å². The van der Waals surface area contributed by atoms with Crippen LogP contribution in [0.25, 0.3) is 0 Å². The molecule has 0 aliphatic carbocycles. The number of morpholine rings is 1. The Bertz CT molecular complexity index is 867. The molecule has 0 saturated carbocycles. The molecule has 0 aromatic heterocycles. The molecule has 1 heterocycles. The lowest BCUT2D eigenvalue weighted by Gasteiger charge is -2.30. The third-order valence-electron chi connectivity index (χ3n) is 4.19. The molecule has 3 rings (SSSR count). The lowest BCUT2D eigenvalue weighted by atomic mass is 10.1. The van der Waals surface area contributed by atoms with E-state index in [1.165, 1.54) is 13.2 Å². The normalized spacial score (nSPS) is 14.0. The van der Waals surface area contributed by atoms with E-state index in [4.69, 9.17) is 32.7 Å². The first-order valence-corrected chi connectivity index (χ1v) is 9.06. The van der Waals surface area contributed by atoms with Crippen LogP contribution in [0.15, 0.2) is 36.4 Å². The summed E-state index contributed by atoms with van der Waals surface area (Å²) in [5.41, 5.74) is 1.97. The quantitative estimate of drug-likeness (QED) is 0.777. The highest BCUT2D eigenvalue weighted by Gasteiger charge is 2.20. The van der Waals surface area contributed by atoms with Crippen LogP contribution in [0.5, 0.6) is 0 Å². The zero-order chi connectivity index (χ0) is 19.4. The second-order valence-corrected chi connectivity index (χ2v) is 6.72. The Balaban J connectivity index is 1.86. The van der Waals surface area contributed by atoms with E-state index < -0.39 is 5.97 Å². The highest BCUT2D eigenvalue weighted by atomic mass is 35.5. The third kappa shape index (κ3) is 4.53. The Kier molecular flexibility index (Phi) is 6.21. The van der Waals surface area contributed by atoms with Crippen molar-refractivity contribution in [3.8, 4) is 0 Å². The fourth-order valence-corrected chi connectivity index (χ4v) is 3.11. The zero-order valence-electron chi connectivity index (χ0n) is 14.6. The number of anilines is 2. The summed E-state index contributed by atoms with van der Waals surface area (Å²) in [6.07, 6.45) is 0. The molecule has 1 aliphatic rings. The number of hydrogen-bond acceptors (Lipinski definition) is 5. The van der Waals surface area contributed by atoms with E-state index in [0.29, 0.717) is 53.2 Å². The average Bonchev–Trinajstić information content (AvgIpc) is 2.70. The summed E-state index contributed by atoms with van der Waals surface area (Å²) >= 11 is 11.8. The summed E-state index contributed by atoms with van der Waals surface area (Å²) in [5.74, 6) is -0.828. The molecular weight excluding hydrogens is 391 g/mol. The van der Waals surface area contributed by atoms with Crippen molar-refractivity contribution in [1.82, 2.24) is 0 Å². The molecule has 2 aromatic carbocycles. The molecule has 1 fully saturated rings. The second kappa shape index (κ2) is 8.61. The molecule has 27 heavy (non-hydrogen) atoms. The molecule has 142 valence electrons. The van der Waals surface area contributed by atoms with Crippen molar-refractivity contribution in [1.29, 1.82) is 0 Å². The van der Waals surface area contributed by atoms with E-state index in [1.54, 1.807) is 30.3 Å². The Labute approximate surface area is 167 Å². The number of nitrogens with zero attached hydrogens (tertiary/aromatic N) is 1. The Morgan fingerprint density at radius 1 is 1.07 bits per heavy atom. The van der Waals surface area contributed by atoms with E-state index in [1.807, 2.05) is 0 Å². The average molecular weight is 409 g/mol. The van der Waals surface area contributed by atoms with Crippen LogP contribution in [-0.4, -0.2) is 45.3 Å².